The van der Waals surface area contributed by atoms with Crippen molar-refractivity contribution in [1.82, 2.24) is 4.90 Å². The Morgan fingerprint density at radius 1 is 1.30 bits per heavy atom. The summed E-state index contributed by atoms with van der Waals surface area (Å²) in [4.78, 5) is 2.21. The van der Waals surface area contributed by atoms with Crippen LogP contribution in [0.4, 0.5) is 0 Å². The van der Waals surface area contributed by atoms with E-state index in [0.717, 1.165) is 30.6 Å². The largest absolute Gasteiger partial charge is 0.496 e. The number of aliphatic hydroxyl groups is 2. The molecule has 0 bridgehead atoms. The number of hydrogen-bond acceptors (Lipinski definition) is 5. The molecule has 2 rings (SSSR count). The molecule has 1 unspecified atom stereocenters. The predicted molar refractivity (Wildman–Crippen MR) is 89.5 cm³/mol. The standard InChI is InChI=1S/C18H29NO4/c1-14-6-5-8-16(11-20)19(14)10-17(21)13-23-12-15-7-3-4-9-18(15)22-2/h3-4,7,9,14,16-17,20-21H,5-6,8,10-13H2,1-2H3/t14-,16-,17?/m0/s1. The first-order chi connectivity index (χ1) is 11.2. The molecule has 1 aromatic carbocycles. The van der Waals surface area contributed by atoms with Crippen molar-refractivity contribution < 1.29 is 19.7 Å². The van der Waals surface area contributed by atoms with Crippen molar-refractivity contribution in [3.8, 4) is 5.75 Å². The zero-order valence-electron chi connectivity index (χ0n) is 14.1. The van der Waals surface area contributed by atoms with Crippen LogP contribution in [0, 0.1) is 0 Å². The van der Waals surface area contributed by atoms with Crippen LogP contribution in [0.3, 0.4) is 0 Å². The lowest BCUT2D eigenvalue weighted by molar-refractivity contribution is -0.0257. The topological polar surface area (TPSA) is 62.2 Å². The number of β-amino-alcohol motifs (C(OH)–C–C–N with tert-alkyl or cyclic N) is 1. The number of likely N-dealkylation sites (tertiary alicyclic amines) is 1. The van der Waals surface area contributed by atoms with Gasteiger partial charge in [-0.1, -0.05) is 24.6 Å². The van der Waals surface area contributed by atoms with Crippen LogP contribution in [0.2, 0.25) is 0 Å². The van der Waals surface area contributed by atoms with Gasteiger partial charge in [-0.3, -0.25) is 4.90 Å². The average Bonchev–Trinajstić information content (AvgIpc) is 2.57. The first kappa shape index (κ1) is 18.2. The third-order valence-corrected chi connectivity index (χ3v) is 4.59. The van der Waals surface area contributed by atoms with E-state index in [1.54, 1.807) is 7.11 Å². The Balaban J connectivity index is 1.79. The quantitative estimate of drug-likeness (QED) is 0.764. The highest BCUT2D eigenvalue weighted by Gasteiger charge is 2.28. The van der Waals surface area contributed by atoms with Crippen molar-refractivity contribution in [2.24, 2.45) is 0 Å². The van der Waals surface area contributed by atoms with Gasteiger partial charge in [0.2, 0.25) is 0 Å². The van der Waals surface area contributed by atoms with E-state index in [-0.39, 0.29) is 19.3 Å². The van der Waals surface area contributed by atoms with Crippen LogP contribution in [0.25, 0.3) is 0 Å². The summed E-state index contributed by atoms with van der Waals surface area (Å²) in [6, 6.07) is 8.27. The summed E-state index contributed by atoms with van der Waals surface area (Å²) in [6.07, 6.45) is 2.70. The molecule has 130 valence electrons. The molecule has 23 heavy (non-hydrogen) atoms. The zero-order valence-corrected chi connectivity index (χ0v) is 14.1. The highest BCUT2D eigenvalue weighted by atomic mass is 16.5. The van der Waals surface area contributed by atoms with Crippen LogP contribution in [-0.2, 0) is 11.3 Å². The molecule has 0 aliphatic carbocycles. The molecule has 1 aliphatic heterocycles. The van der Waals surface area contributed by atoms with Crippen LogP contribution < -0.4 is 4.74 Å². The Kier molecular flexibility index (Phi) is 7.30. The predicted octanol–water partition coefficient (Wildman–Crippen LogP) is 1.81. The summed E-state index contributed by atoms with van der Waals surface area (Å²) >= 11 is 0. The Labute approximate surface area is 138 Å². The summed E-state index contributed by atoms with van der Waals surface area (Å²) in [5.74, 6) is 0.798. The lowest BCUT2D eigenvalue weighted by atomic mass is 9.96. The van der Waals surface area contributed by atoms with E-state index in [1.165, 1.54) is 0 Å². The molecule has 0 saturated carbocycles. The van der Waals surface area contributed by atoms with Crippen LogP contribution in [0.15, 0.2) is 24.3 Å². The molecular formula is C18H29NO4. The van der Waals surface area contributed by atoms with E-state index in [1.807, 2.05) is 24.3 Å². The summed E-state index contributed by atoms with van der Waals surface area (Å²) < 4.78 is 10.9. The number of hydrogen-bond donors (Lipinski definition) is 2. The van der Waals surface area contributed by atoms with Crippen LogP contribution in [0.5, 0.6) is 5.75 Å². The van der Waals surface area contributed by atoms with Crippen LogP contribution in [0.1, 0.15) is 31.7 Å². The van der Waals surface area contributed by atoms with Crippen molar-refractivity contribution >= 4 is 0 Å². The number of benzene rings is 1. The fourth-order valence-electron chi connectivity index (χ4n) is 3.29. The SMILES string of the molecule is COc1ccccc1COCC(O)CN1[C@H](CO)CCC[C@@H]1C. The zero-order chi connectivity index (χ0) is 16.7. The molecule has 1 heterocycles. The van der Waals surface area contributed by atoms with Gasteiger partial charge < -0.3 is 19.7 Å². The second-order valence-corrected chi connectivity index (χ2v) is 6.29. The molecule has 1 aliphatic rings. The van der Waals surface area contributed by atoms with E-state index < -0.39 is 6.10 Å². The van der Waals surface area contributed by atoms with Gasteiger partial charge in [-0.25, -0.2) is 0 Å². The first-order valence-electron chi connectivity index (χ1n) is 8.40. The molecule has 1 fully saturated rings. The van der Waals surface area contributed by atoms with Gasteiger partial charge >= 0.3 is 0 Å². The minimum absolute atomic E-state index is 0.152. The maximum atomic E-state index is 10.3. The van der Waals surface area contributed by atoms with Crippen LogP contribution >= 0.6 is 0 Å². The summed E-state index contributed by atoms with van der Waals surface area (Å²) in [5, 5.41) is 19.8. The fourth-order valence-corrected chi connectivity index (χ4v) is 3.29. The van der Waals surface area contributed by atoms with Gasteiger partial charge in [-0.05, 0) is 25.8 Å². The number of rotatable bonds is 8. The highest BCUT2D eigenvalue weighted by Crippen LogP contribution is 2.23. The van der Waals surface area contributed by atoms with Crippen molar-refractivity contribution in [3.63, 3.8) is 0 Å². The van der Waals surface area contributed by atoms with Crippen molar-refractivity contribution in [3.05, 3.63) is 29.8 Å². The van der Waals surface area contributed by atoms with E-state index in [0.29, 0.717) is 19.2 Å². The molecule has 0 spiro atoms. The van der Waals surface area contributed by atoms with E-state index in [9.17, 15) is 10.2 Å². The van der Waals surface area contributed by atoms with Crippen molar-refractivity contribution in [2.75, 3.05) is 26.9 Å². The number of ether oxygens (including phenoxy) is 2. The van der Waals surface area contributed by atoms with Gasteiger partial charge in [-0.15, -0.1) is 0 Å². The number of methoxy groups -OCH3 is 1. The normalized spacial score (nSPS) is 23.7. The molecule has 2 N–H and O–H groups in total. The highest BCUT2D eigenvalue weighted by molar-refractivity contribution is 5.32. The van der Waals surface area contributed by atoms with Gasteiger partial charge in [0.15, 0.2) is 0 Å². The molecule has 5 nitrogen and oxygen atoms in total. The molecule has 3 atom stereocenters. The third-order valence-electron chi connectivity index (χ3n) is 4.59. The van der Waals surface area contributed by atoms with Crippen molar-refractivity contribution in [2.45, 2.75) is 51.0 Å². The Hall–Kier alpha value is -1.14. The molecule has 0 aromatic heterocycles. The van der Waals surface area contributed by atoms with E-state index in [2.05, 4.69) is 11.8 Å². The minimum atomic E-state index is -0.556. The van der Waals surface area contributed by atoms with E-state index in [4.69, 9.17) is 9.47 Å². The Morgan fingerprint density at radius 3 is 2.83 bits per heavy atom. The number of para-hydroxylation sites is 1. The molecular weight excluding hydrogens is 294 g/mol. The maximum Gasteiger partial charge on any atom is 0.124 e. The van der Waals surface area contributed by atoms with Crippen molar-refractivity contribution in [1.29, 1.82) is 0 Å². The number of piperidine rings is 1. The Morgan fingerprint density at radius 2 is 2.09 bits per heavy atom. The first-order valence-corrected chi connectivity index (χ1v) is 8.40. The minimum Gasteiger partial charge on any atom is -0.496 e. The number of nitrogens with zero attached hydrogens (tertiary/aromatic N) is 1. The van der Waals surface area contributed by atoms with Gasteiger partial charge in [-0.2, -0.15) is 0 Å². The van der Waals surface area contributed by atoms with Gasteiger partial charge in [0.05, 0.1) is 33.0 Å². The summed E-state index contributed by atoms with van der Waals surface area (Å²) in [6.45, 7) is 3.54. The van der Waals surface area contributed by atoms with Gasteiger partial charge in [0.1, 0.15) is 5.75 Å². The number of aliphatic hydroxyl groups excluding tert-OH is 2. The average molecular weight is 323 g/mol. The van der Waals surface area contributed by atoms with E-state index >= 15 is 0 Å². The molecule has 5 heteroatoms. The molecule has 1 saturated heterocycles. The second-order valence-electron chi connectivity index (χ2n) is 6.29. The molecule has 0 amide bonds. The Bertz CT molecular complexity index is 468. The van der Waals surface area contributed by atoms with Gasteiger partial charge in [0.25, 0.3) is 0 Å². The third kappa shape index (κ3) is 5.18. The molecule has 0 radical (unpaired) electrons. The lowest BCUT2D eigenvalue weighted by Crippen LogP contribution is -2.50. The summed E-state index contributed by atoms with van der Waals surface area (Å²) in [5.41, 5.74) is 0.974. The maximum absolute atomic E-state index is 10.3. The summed E-state index contributed by atoms with van der Waals surface area (Å²) in [7, 11) is 1.64. The smallest absolute Gasteiger partial charge is 0.124 e. The second kappa shape index (κ2) is 9.23. The van der Waals surface area contributed by atoms with Crippen LogP contribution in [-0.4, -0.2) is 60.2 Å². The lowest BCUT2D eigenvalue weighted by Gasteiger charge is -2.40. The molecule has 1 aromatic rings. The van der Waals surface area contributed by atoms with Gasteiger partial charge in [0, 0.05) is 24.2 Å². The monoisotopic (exact) mass is 323 g/mol. The fraction of sp³-hybridized carbons (Fsp3) is 0.667.